The Balaban J connectivity index is 2.73. The van der Waals surface area contributed by atoms with Crippen LogP contribution in [0, 0.1) is 11.8 Å². The molecule has 1 aromatic heterocycles. The minimum atomic E-state index is 0.395. The molecule has 0 bridgehead atoms. The smallest absolute Gasteiger partial charge is 0.144 e. The van der Waals surface area contributed by atoms with Crippen LogP contribution in [0.4, 0.5) is 0 Å². The van der Waals surface area contributed by atoms with Crippen molar-refractivity contribution >= 4 is 23.2 Å². The SMILES string of the molecule is CNCCC#Cc1cc(Cl)cnc1Cl. The molecule has 74 valence electrons. The van der Waals surface area contributed by atoms with Gasteiger partial charge in [-0.2, -0.15) is 0 Å². The van der Waals surface area contributed by atoms with Crippen LogP contribution in [-0.2, 0) is 0 Å². The summed E-state index contributed by atoms with van der Waals surface area (Å²) in [5.41, 5.74) is 0.676. The number of rotatable bonds is 2. The lowest BCUT2D eigenvalue weighted by Gasteiger charge is -1.94. The maximum absolute atomic E-state index is 5.82. The zero-order chi connectivity index (χ0) is 10.4. The molecule has 0 amide bonds. The van der Waals surface area contributed by atoms with Crippen LogP contribution in [0.1, 0.15) is 12.0 Å². The predicted octanol–water partition coefficient (Wildman–Crippen LogP) is 2.35. The third kappa shape index (κ3) is 3.55. The Morgan fingerprint density at radius 3 is 3.00 bits per heavy atom. The molecule has 0 unspecified atom stereocenters. The number of pyridine rings is 1. The van der Waals surface area contributed by atoms with E-state index in [1.807, 2.05) is 7.05 Å². The molecule has 4 heteroatoms. The molecular formula is C10H10Cl2N2. The third-order valence-corrected chi connectivity index (χ3v) is 2.04. The van der Waals surface area contributed by atoms with E-state index in [1.165, 1.54) is 6.20 Å². The van der Waals surface area contributed by atoms with Gasteiger partial charge >= 0.3 is 0 Å². The molecule has 1 rings (SSSR count). The zero-order valence-electron chi connectivity index (χ0n) is 7.77. The van der Waals surface area contributed by atoms with Gasteiger partial charge in [0.2, 0.25) is 0 Å². The van der Waals surface area contributed by atoms with Gasteiger partial charge in [0.05, 0.1) is 10.6 Å². The number of nitrogens with zero attached hydrogens (tertiary/aromatic N) is 1. The second kappa shape index (κ2) is 5.87. The maximum atomic E-state index is 5.82. The molecule has 2 nitrogen and oxygen atoms in total. The molecule has 0 radical (unpaired) electrons. The van der Waals surface area contributed by atoms with Crippen LogP contribution >= 0.6 is 23.2 Å². The fourth-order valence-corrected chi connectivity index (χ4v) is 1.16. The lowest BCUT2D eigenvalue weighted by Crippen LogP contribution is -2.05. The van der Waals surface area contributed by atoms with Crippen molar-refractivity contribution in [3.63, 3.8) is 0 Å². The monoisotopic (exact) mass is 228 g/mol. The molecule has 1 aromatic rings. The molecule has 1 N–H and O–H groups in total. The highest BCUT2D eigenvalue weighted by atomic mass is 35.5. The van der Waals surface area contributed by atoms with Gasteiger partial charge in [-0.25, -0.2) is 4.98 Å². The highest BCUT2D eigenvalue weighted by molar-refractivity contribution is 6.32. The van der Waals surface area contributed by atoms with Gasteiger partial charge < -0.3 is 5.32 Å². The van der Waals surface area contributed by atoms with Crippen molar-refractivity contribution in [2.24, 2.45) is 0 Å². The largest absolute Gasteiger partial charge is 0.319 e. The first-order valence-electron chi connectivity index (χ1n) is 4.18. The Kier molecular flexibility index (Phi) is 4.75. The van der Waals surface area contributed by atoms with E-state index in [9.17, 15) is 0 Å². The number of aromatic nitrogens is 1. The molecule has 14 heavy (non-hydrogen) atoms. The lowest BCUT2D eigenvalue weighted by atomic mass is 10.3. The van der Waals surface area contributed by atoms with Crippen molar-refractivity contribution in [1.29, 1.82) is 0 Å². The highest BCUT2D eigenvalue weighted by Gasteiger charge is 1.98. The Morgan fingerprint density at radius 1 is 1.50 bits per heavy atom. The summed E-state index contributed by atoms with van der Waals surface area (Å²) >= 11 is 11.6. The van der Waals surface area contributed by atoms with Gasteiger partial charge in [-0.3, -0.25) is 0 Å². The first kappa shape index (κ1) is 11.3. The van der Waals surface area contributed by atoms with Crippen LogP contribution in [-0.4, -0.2) is 18.6 Å². The summed E-state index contributed by atoms with van der Waals surface area (Å²) in [4.78, 5) is 3.89. The fourth-order valence-electron chi connectivity index (χ4n) is 0.855. The number of nitrogens with one attached hydrogen (secondary N) is 1. The molecule has 0 fully saturated rings. The molecule has 0 aliphatic heterocycles. The Morgan fingerprint density at radius 2 is 2.29 bits per heavy atom. The van der Waals surface area contributed by atoms with Crippen LogP contribution < -0.4 is 5.32 Å². The van der Waals surface area contributed by atoms with Gasteiger partial charge in [0.15, 0.2) is 0 Å². The Hall–Kier alpha value is -0.750. The summed E-state index contributed by atoms with van der Waals surface area (Å²) in [6, 6.07) is 1.71. The summed E-state index contributed by atoms with van der Waals surface area (Å²) in [5.74, 6) is 5.89. The van der Waals surface area contributed by atoms with E-state index in [4.69, 9.17) is 23.2 Å². The minimum Gasteiger partial charge on any atom is -0.319 e. The zero-order valence-corrected chi connectivity index (χ0v) is 9.28. The third-order valence-electron chi connectivity index (χ3n) is 1.53. The summed E-state index contributed by atoms with van der Waals surface area (Å²) < 4.78 is 0. The maximum Gasteiger partial charge on any atom is 0.144 e. The van der Waals surface area contributed by atoms with E-state index >= 15 is 0 Å². The molecule has 0 atom stereocenters. The summed E-state index contributed by atoms with van der Waals surface area (Å²) in [7, 11) is 1.88. The van der Waals surface area contributed by atoms with E-state index in [0.717, 1.165) is 13.0 Å². The topological polar surface area (TPSA) is 24.9 Å². The molecule has 0 saturated heterocycles. The fraction of sp³-hybridized carbons (Fsp3) is 0.300. The standard InChI is InChI=1S/C10H10Cl2N2/c1-13-5-3-2-4-8-6-9(11)7-14-10(8)12/h6-7,13H,3,5H2,1H3. The number of halogens is 2. The average molecular weight is 229 g/mol. The van der Waals surface area contributed by atoms with Gasteiger partial charge in [0, 0.05) is 19.2 Å². The number of hydrogen-bond acceptors (Lipinski definition) is 2. The normalized spacial score (nSPS) is 9.36. The van der Waals surface area contributed by atoms with Gasteiger partial charge in [-0.05, 0) is 13.1 Å². The highest BCUT2D eigenvalue weighted by Crippen LogP contribution is 2.16. The molecule has 0 saturated carbocycles. The molecular weight excluding hydrogens is 219 g/mol. The van der Waals surface area contributed by atoms with Gasteiger partial charge in [-0.15, -0.1) is 0 Å². The van der Waals surface area contributed by atoms with Crippen LogP contribution in [0.15, 0.2) is 12.3 Å². The quantitative estimate of drug-likeness (QED) is 0.478. The first-order valence-corrected chi connectivity index (χ1v) is 4.94. The van der Waals surface area contributed by atoms with Gasteiger partial charge in [-0.1, -0.05) is 35.0 Å². The second-order valence-electron chi connectivity index (χ2n) is 2.65. The van der Waals surface area contributed by atoms with E-state index in [1.54, 1.807) is 6.07 Å². The van der Waals surface area contributed by atoms with E-state index in [0.29, 0.717) is 15.7 Å². The van der Waals surface area contributed by atoms with Gasteiger partial charge in [0.25, 0.3) is 0 Å². The molecule has 0 spiro atoms. The van der Waals surface area contributed by atoms with Crippen molar-refractivity contribution in [2.75, 3.05) is 13.6 Å². The van der Waals surface area contributed by atoms with E-state index < -0.39 is 0 Å². The average Bonchev–Trinajstić information content (AvgIpc) is 2.18. The minimum absolute atomic E-state index is 0.395. The van der Waals surface area contributed by atoms with Crippen LogP contribution in [0.2, 0.25) is 10.2 Å². The van der Waals surface area contributed by atoms with E-state index in [-0.39, 0.29) is 0 Å². The van der Waals surface area contributed by atoms with Crippen molar-refractivity contribution in [3.05, 3.63) is 28.0 Å². The van der Waals surface area contributed by atoms with Crippen LogP contribution in [0.3, 0.4) is 0 Å². The summed E-state index contributed by atoms with van der Waals surface area (Å²) in [5, 5.41) is 3.95. The molecule has 1 heterocycles. The van der Waals surface area contributed by atoms with Crippen molar-refractivity contribution in [2.45, 2.75) is 6.42 Å². The predicted molar refractivity (Wildman–Crippen MR) is 59.7 cm³/mol. The molecule has 0 aliphatic rings. The van der Waals surface area contributed by atoms with Gasteiger partial charge in [0.1, 0.15) is 5.15 Å². The molecule has 0 aromatic carbocycles. The van der Waals surface area contributed by atoms with E-state index in [2.05, 4.69) is 22.1 Å². The number of hydrogen-bond donors (Lipinski definition) is 1. The Bertz CT molecular complexity index is 366. The summed E-state index contributed by atoms with van der Waals surface area (Å²) in [6.07, 6.45) is 2.28. The van der Waals surface area contributed by atoms with Crippen molar-refractivity contribution < 1.29 is 0 Å². The second-order valence-corrected chi connectivity index (χ2v) is 3.44. The lowest BCUT2D eigenvalue weighted by molar-refractivity contribution is 0.818. The van der Waals surface area contributed by atoms with Crippen LogP contribution in [0.25, 0.3) is 0 Å². The summed E-state index contributed by atoms with van der Waals surface area (Å²) in [6.45, 7) is 0.860. The van der Waals surface area contributed by atoms with Crippen molar-refractivity contribution in [3.8, 4) is 11.8 Å². The Labute approximate surface area is 93.6 Å². The van der Waals surface area contributed by atoms with Crippen LogP contribution in [0.5, 0.6) is 0 Å². The van der Waals surface area contributed by atoms with Crippen molar-refractivity contribution in [1.82, 2.24) is 10.3 Å². The first-order chi connectivity index (χ1) is 6.74. The molecule has 0 aliphatic carbocycles.